The summed E-state index contributed by atoms with van der Waals surface area (Å²) in [6, 6.07) is 6.69. The number of aromatic amines is 1. The number of aromatic nitrogens is 1. The number of hydrogen-bond donors (Lipinski definition) is 2. The predicted molar refractivity (Wildman–Crippen MR) is 124 cm³/mol. The van der Waals surface area contributed by atoms with Gasteiger partial charge in [0, 0.05) is 35.9 Å². The molecule has 32 heavy (non-hydrogen) atoms. The lowest BCUT2D eigenvalue weighted by atomic mass is 9.93. The molecule has 1 amide bonds. The molecular weight excluding hydrogens is 410 g/mol. The van der Waals surface area contributed by atoms with Gasteiger partial charge in [-0.25, -0.2) is 4.79 Å². The fraction of sp³-hybridized carbons (Fsp3) is 0.417. The highest BCUT2D eigenvalue weighted by Crippen LogP contribution is 2.22. The van der Waals surface area contributed by atoms with Crippen molar-refractivity contribution in [3.8, 4) is 0 Å². The van der Waals surface area contributed by atoms with E-state index < -0.39 is 23.8 Å². The molecule has 0 bridgehead atoms. The van der Waals surface area contributed by atoms with Crippen LogP contribution in [0.3, 0.4) is 0 Å². The van der Waals surface area contributed by atoms with E-state index in [1.165, 1.54) is 6.92 Å². The average Bonchev–Trinajstić information content (AvgIpc) is 3.12. The van der Waals surface area contributed by atoms with Gasteiger partial charge in [0.25, 0.3) is 6.72 Å². The van der Waals surface area contributed by atoms with Crippen molar-refractivity contribution < 1.29 is 23.9 Å². The predicted octanol–water partition coefficient (Wildman–Crippen LogP) is 1.93. The minimum absolute atomic E-state index is 0.00299. The first-order valence-corrected chi connectivity index (χ1v) is 10.6. The fourth-order valence-electron chi connectivity index (χ4n) is 3.48. The second-order valence-electron chi connectivity index (χ2n) is 8.03. The first-order chi connectivity index (χ1) is 15.2. The van der Waals surface area contributed by atoms with Gasteiger partial charge in [0.15, 0.2) is 0 Å². The van der Waals surface area contributed by atoms with Gasteiger partial charge in [0.2, 0.25) is 11.7 Å². The van der Waals surface area contributed by atoms with Crippen molar-refractivity contribution in [2.45, 2.75) is 58.6 Å². The Labute approximate surface area is 187 Å². The molecule has 0 radical (unpaired) electrons. The van der Waals surface area contributed by atoms with Gasteiger partial charge in [0.1, 0.15) is 11.8 Å². The third-order valence-corrected chi connectivity index (χ3v) is 4.91. The molecule has 170 valence electrons. The molecule has 0 saturated carbocycles. The van der Waals surface area contributed by atoms with E-state index >= 15 is 0 Å². The molecule has 0 aliphatic rings. The first kappa shape index (κ1) is 24.8. The van der Waals surface area contributed by atoms with Crippen molar-refractivity contribution >= 4 is 47.3 Å². The number of hydrogen-bond acceptors (Lipinski definition) is 5. The van der Waals surface area contributed by atoms with Gasteiger partial charge in [0.05, 0.1) is 6.10 Å². The zero-order valence-electron chi connectivity index (χ0n) is 18.7. The van der Waals surface area contributed by atoms with Crippen molar-refractivity contribution in [3.63, 3.8) is 0 Å². The molecule has 0 fully saturated rings. The number of ketones is 2. The van der Waals surface area contributed by atoms with Crippen LogP contribution in [0.4, 0.5) is 0 Å². The Kier molecular flexibility index (Phi) is 9.10. The second kappa shape index (κ2) is 11.8. The van der Waals surface area contributed by atoms with E-state index in [2.05, 4.69) is 21.7 Å². The van der Waals surface area contributed by atoms with Gasteiger partial charge >= 0.3 is 12.2 Å². The largest absolute Gasteiger partial charge is 0.461 e. The van der Waals surface area contributed by atoms with Crippen LogP contribution in [-0.2, 0) is 30.3 Å². The van der Waals surface area contributed by atoms with E-state index in [1.807, 2.05) is 30.5 Å². The summed E-state index contributed by atoms with van der Waals surface area (Å²) in [6.07, 6.45) is 2.94. The molecule has 8 heteroatoms. The van der Waals surface area contributed by atoms with Crippen molar-refractivity contribution in [2.75, 3.05) is 0 Å². The summed E-state index contributed by atoms with van der Waals surface area (Å²) in [7, 11) is 0. The number of carbonyl (C=O) groups excluding carboxylic acids is 4. The zero-order chi connectivity index (χ0) is 23.7. The number of esters is 1. The van der Waals surface area contributed by atoms with Crippen LogP contribution < -0.4 is 9.98 Å². The molecule has 2 rings (SSSR count). The Hall–Kier alpha value is -3.51. The number of benzene rings is 1. The number of amides is 1. The van der Waals surface area contributed by atoms with Crippen LogP contribution in [0, 0.1) is 5.92 Å². The third kappa shape index (κ3) is 7.32. The molecule has 0 unspecified atom stereocenters. The summed E-state index contributed by atoms with van der Waals surface area (Å²) in [5.41, 5.74) is 1.85. The minimum Gasteiger partial charge on any atom is -0.461 e. The highest BCUT2D eigenvalue weighted by molar-refractivity contribution is 6.27. The van der Waals surface area contributed by atoms with Crippen LogP contribution >= 0.6 is 0 Å². The van der Waals surface area contributed by atoms with Gasteiger partial charge in [-0.05, 0) is 45.2 Å². The maximum absolute atomic E-state index is 13.1. The number of nitrogens with zero attached hydrogens (tertiary/aromatic N) is 1. The number of ether oxygens (including phenoxy) is 1. The van der Waals surface area contributed by atoms with Crippen LogP contribution in [0.2, 0.25) is 0 Å². The van der Waals surface area contributed by atoms with Gasteiger partial charge in [-0.1, -0.05) is 18.2 Å². The number of Topliss-reactive ketones (excluding diaryl/α,β-unsaturated/α-hetero) is 2. The monoisotopic (exact) mass is 440 g/mol. The molecule has 1 aromatic heterocycles. The summed E-state index contributed by atoms with van der Waals surface area (Å²) in [4.78, 5) is 52.5. The molecule has 2 N–H and O–H groups in total. The molecule has 8 nitrogen and oxygen atoms in total. The number of nitrogens with one attached hydrogen (secondary N) is 2. The number of carbonyl (C=O) groups is 4. The molecule has 2 aromatic rings. The quantitative estimate of drug-likeness (QED) is 0.297. The van der Waals surface area contributed by atoms with E-state index in [9.17, 15) is 19.2 Å². The van der Waals surface area contributed by atoms with Crippen LogP contribution in [0.15, 0.2) is 30.5 Å². The Morgan fingerprint density at radius 1 is 1.22 bits per heavy atom. The SMILES string of the molecule is C=[N+]=CC(=O)CC[C@H](NC(=O)[C@@H](CC(C)=O)Cc1c[nH]c2ccccc12)C(=O)OC(C)C. The number of rotatable bonds is 12. The Morgan fingerprint density at radius 2 is 1.94 bits per heavy atom. The Morgan fingerprint density at radius 3 is 2.59 bits per heavy atom. The van der Waals surface area contributed by atoms with Gasteiger partial charge in [-0.15, -0.1) is 4.67 Å². The highest BCUT2D eigenvalue weighted by atomic mass is 16.5. The third-order valence-electron chi connectivity index (χ3n) is 4.91. The molecule has 0 saturated heterocycles. The smallest absolute Gasteiger partial charge is 0.334 e. The van der Waals surface area contributed by atoms with Crippen LogP contribution in [0.5, 0.6) is 0 Å². The highest BCUT2D eigenvalue weighted by Gasteiger charge is 2.29. The average molecular weight is 441 g/mol. The Balaban J connectivity index is 2.20. The second-order valence-corrected chi connectivity index (χ2v) is 8.03. The summed E-state index contributed by atoms with van der Waals surface area (Å²) in [5.74, 6) is -2.17. The molecule has 2 atom stereocenters. The fourth-order valence-corrected chi connectivity index (χ4v) is 3.48. The summed E-state index contributed by atoms with van der Waals surface area (Å²) in [6.45, 7) is 8.07. The van der Waals surface area contributed by atoms with Crippen molar-refractivity contribution in [1.82, 2.24) is 15.0 Å². The lowest BCUT2D eigenvalue weighted by Crippen LogP contribution is -2.46. The molecule has 1 heterocycles. The Bertz CT molecular complexity index is 1030. The zero-order valence-corrected chi connectivity index (χ0v) is 18.7. The normalized spacial score (nSPS) is 12.6. The number of H-pyrrole nitrogens is 1. The van der Waals surface area contributed by atoms with Crippen molar-refractivity contribution in [1.29, 1.82) is 0 Å². The minimum atomic E-state index is -1.01. The standard InChI is InChI=1S/C24H29N3O5/c1-15(2)32-24(31)22(10-9-19(29)14-25-4)27-23(30)17(11-16(3)28)12-18-13-26-21-8-6-5-7-20(18)21/h5-8,13-15,17,22,26H,4,9-12H2,1-3H3/p+1/t17-,22-/m0/s1. The lowest BCUT2D eigenvalue weighted by Gasteiger charge is -2.22. The maximum Gasteiger partial charge on any atom is 0.334 e. The van der Waals surface area contributed by atoms with E-state index in [0.29, 0.717) is 6.42 Å². The van der Waals surface area contributed by atoms with Crippen molar-refractivity contribution in [2.24, 2.45) is 5.92 Å². The first-order valence-electron chi connectivity index (χ1n) is 10.6. The van der Waals surface area contributed by atoms with E-state index in [1.54, 1.807) is 13.8 Å². The van der Waals surface area contributed by atoms with E-state index in [0.717, 1.165) is 22.7 Å². The maximum atomic E-state index is 13.1. The van der Waals surface area contributed by atoms with Crippen LogP contribution in [0.1, 0.15) is 45.6 Å². The molecule has 0 aliphatic heterocycles. The van der Waals surface area contributed by atoms with E-state index in [-0.39, 0.29) is 36.9 Å². The molecule has 1 aromatic carbocycles. The molecular formula is C24H30N3O5+. The molecule has 0 aliphatic carbocycles. The molecule has 0 spiro atoms. The summed E-state index contributed by atoms with van der Waals surface area (Å²) in [5, 5.41) is 3.67. The lowest BCUT2D eigenvalue weighted by molar-refractivity contribution is -0.152. The van der Waals surface area contributed by atoms with E-state index in [4.69, 9.17) is 4.74 Å². The van der Waals surface area contributed by atoms with Gasteiger partial charge in [-0.3, -0.25) is 9.59 Å². The van der Waals surface area contributed by atoms with Gasteiger partial charge < -0.3 is 19.8 Å². The van der Waals surface area contributed by atoms with Crippen LogP contribution in [-0.4, -0.2) is 53.5 Å². The topological polar surface area (TPSA) is 119 Å². The van der Waals surface area contributed by atoms with Crippen LogP contribution in [0.25, 0.3) is 10.9 Å². The summed E-state index contributed by atoms with van der Waals surface area (Å²) >= 11 is 0. The summed E-state index contributed by atoms with van der Waals surface area (Å²) < 4.78 is 8.67. The number of fused-ring (bicyclic) bond motifs is 1. The number of para-hydroxylation sites is 1. The van der Waals surface area contributed by atoms with Gasteiger partial charge in [-0.2, -0.15) is 0 Å². The van der Waals surface area contributed by atoms with Crippen molar-refractivity contribution in [3.05, 3.63) is 36.0 Å².